The van der Waals surface area contributed by atoms with Crippen LogP contribution in [0.5, 0.6) is 0 Å². The Morgan fingerprint density at radius 2 is 1.05 bits per heavy atom. The molecule has 2 nitrogen and oxygen atoms in total. The third kappa shape index (κ3) is 6.10. The summed E-state index contributed by atoms with van der Waals surface area (Å²) in [5, 5.41) is 12.7. The minimum absolute atomic E-state index is 0.0692. The molecule has 0 spiro atoms. The Morgan fingerprint density at radius 3 is 1.88 bits per heavy atom. The molecule has 57 heavy (non-hydrogen) atoms. The molecule has 0 radical (unpaired) electrons. The van der Waals surface area contributed by atoms with Gasteiger partial charge in [0.15, 0.2) is 0 Å². The number of benzene rings is 9. The van der Waals surface area contributed by atoms with Gasteiger partial charge >= 0.3 is 0 Å². The van der Waals surface area contributed by atoms with Gasteiger partial charge in [-0.1, -0.05) is 176 Å². The highest BCUT2D eigenvalue weighted by molar-refractivity contribution is 7.22. The Hall–Kier alpha value is -7.07. The van der Waals surface area contributed by atoms with E-state index in [1.807, 2.05) is 11.3 Å². The number of aliphatic imine (C=N–C) groups is 1. The second kappa shape index (κ2) is 13.9. The Balaban J connectivity index is 1.00. The van der Waals surface area contributed by atoms with Gasteiger partial charge in [-0.25, -0.2) is 4.99 Å². The number of nitrogens with zero attached hydrogens (tertiary/aromatic N) is 1. The van der Waals surface area contributed by atoms with Gasteiger partial charge in [0.25, 0.3) is 0 Å². The summed E-state index contributed by atoms with van der Waals surface area (Å²) in [5.74, 6) is 0.859. The predicted octanol–water partition coefficient (Wildman–Crippen LogP) is 14.5. The molecule has 9 aromatic carbocycles. The number of rotatable bonds is 6. The first-order valence-electron chi connectivity index (χ1n) is 19.5. The summed E-state index contributed by atoms with van der Waals surface area (Å²) in [6, 6.07) is 72.5. The van der Waals surface area contributed by atoms with Gasteiger partial charge in [-0.15, -0.1) is 11.3 Å². The van der Waals surface area contributed by atoms with Crippen molar-refractivity contribution in [1.29, 1.82) is 0 Å². The SMILES string of the molecule is C1=C(c2cccc(-c3cc4ccccc4s3)c2)N=C(c2ccc(-c3c4ccccc4cc4c3ccc3ccccc34)cc2)NC1c1ccc(-c2ccccc2)cc1. The van der Waals surface area contributed by atoms with Crippen LogP contribution in [0.25, 0.3) is 80.8 Å². The van der Waals surface area contributed by atoms with Gasteiger partial charge in [-0.3, -0.25) is 0 Å². The van der Waals surface area contributed by atoms with Gasteiger partial charge in [0, 0.05) is 20.7 Å². The fraction of sp³-hybridized carbons (Fsp3) is 0.0185. The monoisotopic (exact) mass is 744 g/mol. The maximum Gasteiger partial charge on any atom is 0.134 e. The lowest BCUT2D eigenvalue weighted by Gasteiger charge is -2.25. The van der Waals surface area contributed by atoms with Crippen LogP contribution >= 0.6 is 11.3 Å². The summed E-state index contributed by atoms with van der Waals surface area (Å²) in [5.41, 5.74) is 10.4. The summed E-state index contributed by atoms with van der Waals surface area (Å²) < 4.78 is 1.30. The number of thiophene rings is 1. The topological polar surface area (TPSA) is 24.4 Å². The molecule has 0 aliphatic carbocycles. The highest BCUT2D eigenvalue weighted by Crippen LogP contribution is 2.40. The maximum absolute atomic E-state index is 5.35. The molecule has 11 rings (SSSR count). The molecule has 2 heterocycles. The number of fused-ring (bicyclic) bond motifs is 5. The minimum atomic E-state index is -0.0692. The van der Waals surface area contributed by atoms with Crippen LogP contribution in [0.2, 0.25) is 0 Å². The standard InChI is InChI=1S/C54H36N2S/c1-2-11-35(12-3-1)36-21-23-38(24-22-36)49-34-50(42-16-10-17-43(31-42)52-33-44-15-6-9-20-51(44)57-52)56-54(55-49)40-27-25-39(26-28-40)53-46-19-8-5-14-41(46)32-48-45-18-7-4-13-37(45)29-30-47(48)53/h1-34,49H,(H,55,56). The summed E-state index contributed by atoms with van der Waals surface area (Å²) in [6.07, 6.45) is 2.27. The highest BCUT2D eigenvalue weighted by Gasteiger charge is 2.21. The van der Waals surface area contributed by atoms with Crippen molar-refractivity contribution in [2.75, 3.05) is 0 Å². The lowest BCUT2D eigenvalue weighted by Crippen LogP contribution is -2.31. The van der Waals surface area contributed by atoms with Crippen LogP contribution < -0.4 is 5.32 Å². The summed E-state index contributed by atoms with van der Waals surface area (Å²) in [7, 11) is 0. The van der Waals surface area contributed by atoms with Gasteiger partial charge in [-0.05, 0) is 101 Å². The molecule has 0 bridgehead atoms. The van der Waals surface area contributed by atoms with E-state index in [0.29, 0.717) is 0 Å². The Labute approximate surface area is 335 Å². The number of hydrogen-bond acceptors (Lipinski definition) is 3. The van der Waals surface area contributed by atoms with Crippen molar-refractivity contribution in [2.24, 2.45) is 4.99 Å². The lowest BCUT2D eigenvalue weighted by atomic mass is 9.89. The Kier molecular flexibility index (Phi) is 8.12. The average molecular weight is 745 g/mol. The molecule has 1 aliphatic heterocycles. The lowest BCUT2D eigenvalue weighted by molar-refractivity contribution is 0.781. The Morgan fingerprint density at radius 1 is 0.404 bits per heavy atom. The highest BCUT2D eigenvalue weighted by atomic mass is 32.1. The first kappa shape index (κ1) is 33.3. The van der Waals surface area contributed by atoms with Crippen molar-refractivity contribution in [3.05, 3.63) is 223 Å². The van der Waals surface area contributed by atoms with E-state index >= 15 is 0 Å². The minimum Gasteiger partial charge on any atom is -0.359 e. The van der Waals surface area contributed by atoms with Crippen LogP contribution in [0.3, 0.4) is 0 Å². The van der Waals surface area contributed by atoms with Crippen molar-refractivity contribution in [3.63, 3.8) is 0 Å². The first-order chi connectivity index (χ1) is 28.2. The molecule has 0 fully saturated rings. The molecule has 3 heteroatoms. The fourth-order valence-corrected chi connectivity index (χ4v) is 9.48. The maximum atomic E-state index is 5.35. The van der Waals surface area contributed by atoms with E-state index in [1.54, 1.807) is 0 Å². The van der Waals surface area contributed by atoms with Gasteiger partial charge in [0.1, 0.15) is 5.84 Å². The van der Waals surface area contributed by atoms with Crippen LogP contribution in [0.4, 0.5) is 0 Å². The van der Waals surface area contributed by atoms with Crippen LogP contribution in [-0.4, -0.2) is 5.84 Å². The van der Waals surface area contributed by atoms with Crippen molar-refractivity contribution in [2.45, 2.75) is 6.04 Å². The zero-order valence-corrected chi connectivity index (χ0v) is 31.9. The number of nitrogens with one attached hydrogen (secondary N) is 1. The molecule has 1 N–H and O–H groups in total. The molecule has 268 valence electrons. The zero-order valence-electron chi connectivity index (χ0n) is 31.1. The third-order valence-electron chi connectivity index (χ3n) is 11.3. The van der Waals surface area contributed by atoms with E-state index in [1.165, 1.54) is 80.7 Å². The van der Waals surface area contributed by atoms with Crippen molar-refractivity contribution in [3.8, 4) is 32.7 Å². The van der Waals surface area contributed by atoms with E-state index < -0.39 is 0 Å². The quantitative estimate of drug-likeness (QED) is 0.133. The van der Waals surface area contributed by atoms with E-state index in [0.717, 1.165) is 22.7 Å². The van der Waals surface area contributed by atoms with Gasteiger partial charge < -0.3 is 5.32 Å². The largest absolute Gasteiger partial charge is 0.359 e. The van der Waals surface area contributed by atoms with Crippen LogP contribution in [-0.2, 0) is 0 Å². The van der Waals surface area contributed by atoms with Crippen LogP contribution in [0.15, 0.2) is 211 Å². The van der Waals surface area contributed by atoms with Crippen molar-refractivity contribution in [1.82, 2.24) is 5.32 Å². The average Bonchev–Trinajstić information content (AvgIpc) is 3.73. The van der Waals surface area contributed by atoms with E-state index in [9.17, 15) is 0 Å². The second-order valence-electron chi connectivity index (χ2n) is 14.8. The molecule has 10 aromatic rings. The normalized spacial score (nSPS) is 14.1. The summed E-state index contributed by atoms with van der Waals surface area (Å²) in [4.78, 5) is 6.61. The third-order valence-corrected chi connectivity index (χ3v) is 12.5. The summed E-state index contributed by atoms with van der Waals surface area (Å²) in [6.45, 7) is 0. The molecular weight excluding hydrogens is 709 g/mol. The Bertz CT molecular complexity index is 3160. The molecule has 1 aliphatic rings. The van der Waals surface area contributed by atoms with Gasteiger partial charge in [0.05, 0.1) is 11.7 Å². The molecular formula is C54H36N2S. The van der Waals surface area contributed by atoms with E-state index in [2.05, 4.69) is 212 Å². The summed E-state index contributed by atoms with van der Waals surface area (Å²) >= 11 is 1.83. The second-order valence-corrected chi connectivity index (χ2v) is 15.9. The number of amidine groups is 1. The molecule has 0 saturated carbocycles. The van der Waals surface area contributed by atoms with Crippen molar-refractivity contribution >= 4 is 65.3 Å². The molecule has 1 unspecified atom stereocenters. The molecule has 1 aromatic heterocycles. The molecule has 0 saturated heterocycles. The predicted molar refractivity (Wildman–Crippen MR) is 244 cm³/mol. The zero-order chi connectivity index (χ0) is 37.7. The molecule has 1 atom stereocenters. The van der Waals surface area contributed by atoms with Crippen molar-refractivity contribution < 1.29 is 0 Å². The van der Waals surface area contributed by atoms with Crippen LogP contribution in [0, 0.1) is 0 Å². The van der Waals surface area contributed by atoms with E-state index in [-0.39, 0.29) is 6.04 Å². The van der Waals surface area contributed by atoms with Crippen LogP contribution in [0.1, 0.15) is 22.7 Å². The smallest absolute Gasteiger partial charge is 0.134 e. The first-order valence-corrected chi connectivity index (χ1v) is 20.3. The fourth-order valence-electron chi connectivity index (χ4n) is 8.42. The number of hydrogen-bond donors (Lipinski definition) is 1. The molecule has 0 amide bonds. The van der Waals surface area contributed by atoms with E-state index in [4.69, 9.17) is 4.99 Å². The van der Waals surface area contributed by atoms with Gasteiger partial charge in [-0.2, -0.15) is 0 Å². The van der Waals surface area contributed by atoms with Gasteiger partial charge in [0.2, 0.25) is 0 Å².